The van der Waals surface area contributed by atoms with Gasteiger partial charge < -0.3 is 14.5 Å². The Morgan fingerprint density at radius 3 is 1.80 bits per heavy atom. The maximum Gasteiger partial charge on any atom is 0.143 e. The second-order valence-electron chi connectivity index (χ2n) is 6.88. The van der Waals surface area contributed by atoms with Crippen molar-refractivity contribution in [2.45, 2.75) is 13.0 Å². The van der Waals surface area contributed by atoms with Crippen molar-refractivity contribution < 1.29 is 4.74 Å². The lowest BCUT2D eigenvalue weighted by Crippen LogP contribution is -2.10. The highest BCUT2D eigenvalue weighted by molar-refractivity contribution is 5.66. The molecule has 0 spiro atoms. The minimum Gasteiger partial charge on any atom is -0.481 e. The first kappa shape index (κ1) is 17.2. The summed E-state index contributed by atoms with van der Waals surface area (Å²) in [6, 6.07) is 17.0. The second kappa shape index (κ2) is 7.06. The Hall–Kier alpha value is -2.68. The summed E-state index contributed by atoms with van der Waals surface area (Å²) in [5.41, 5.74) is 5.87. The molecule has 3 nitrogen and oxygen atoms in total. The SMILES string of the molecule is CC1=CC(c2ccc(N(C)C)cc2)OC(c2ccc(N(C)C)cc2)=C1. The first-order valence-corrected chi connectivity index (χ1v) is 8.56. The fraction of sp³-hybridized carbons (Fsp3) is 0.273. The topological polar surface area (TPSA) is 15.7 Å². The molecule has 1 atom stereocenters. The number of benzene rings is 2. The molecule has 0 amide bonds. The van der Waals surface area contributed by atoms with Crippen molar-refractivity contribution in [3.05, 3.63) is 77.4 Å². The zero-order valence-corrected chi connectivity index (χ0v) is 15.7. The van der Waals surface area contributed by atoms with Crippen molar-refractivity contribution in [3.8, 4) is 0 Å². The first-order valence-electron chi connectivity index (χ1n) is 8.56. The van der Waals surface area contributed by atoms with Crippen LogP contribution < -0.4 is 9.80 Å². The van der Waals surface area contributed by atoms with Gasteiger partial charge in [-0.15, -0.1) is 0 Å². The molecule has 3 rings (SSSR count). The molecule has 130 valence electrons. The van der Waals surface area contributed by atoms with Gasteiger partial charge in [0, 0.05) is 45.1 Å². The average molecular weight is 334 g/mol. The molecule has 0 N–H and O–H groups in total. The van der Waals surface area contributed by atoms with Crippen molar-refractivity contribution in [1.82, 2.24) is 0 Å². The van der Waals surface area contributed by atoms with E-state index < -0.39 is 0 Å². The van der Waals surface area contributed by atoms with Gasteiger partial charge in [-0.25, -0.2) is 0 Å². The lowest BCUT2D eigenvalue weighted by atomic mass is 10.0. The third kappa shape index (κ3) is 3.87. The van der Waals surface area contributed by atoms with Gasteiger partial charge in [-0.2, -0.15) is 0 Å². The number of hydrogen-bond acceptors (Lipinski definition) is 3. The van der Waals surface area contributed by atoms with Crippen LogP contribution in [0.1, 0.15) is 24.2 Å². The maximum atomic E-state index is 6.29. The van der Waals surface area contributed by atoms with Gasteiger partial charge in [-0.1, -0.05) is 12.1 Å². The van der Waals surface area contributed by atoms with Gasteiger partial charge in [0.2, 0.25) is 0 Å². The largest absolute Gasteiger partial charge is 0.481 e. The summed E-state index contributed by atoms with van der Waals surface area (Å²) < 4.78 is 6.29. The molecule has 0 saturated heterocycles. The van der Waals surface area contributed by atoms with E-state index >= 15 is 0 Å². The molecule has 0 aromatic heterocycles. The van der Waals surface area contributed by atoms with Gasteiger partial charge in [-0.3, -0.25) is 0 Å². The Balaban J connectivity index is 1.83. The summed E-state index contributed by atoms with van der Waals surface area (Å²) in [7, 11) is 8.19. The lowest BCUT2D eigenvalue weighted by Gasteiger charge is -2.24. The predicted molar refractivity (Wildman–Crippen MR) is 107 cm³/mol. The van der Waals surface area contributed by atoms with Crippen molar-refractivity contribution in [1.29, 1.82) is 0 Å². The van der Waals surface area contributed by atoms with E-state index in [0.717, 1.165) is 11.3 Å². The van der Waals surface area contributed by atoms with E-state index in [1.54, 1.807) is 0 Å². The maximum absolute atomic E-state index is 6.29. The van der Waals surface area contributed by atoms with Crippen molar-refractivity contribution in [2.75, 3.05) is 38.0 Å². The van der Waals surface area contributed by atoms with Crippen LogP contribution in [0.15, 0.2) is 66.3 Å². The van der Waals surface area contributed by atoms with Crippen molar-refractivity contribution in [2.24, 2.45) is 0 Å². The molecule has 3 heteroatoms. The summed E-state index contributed by atoms with van der Waals surface area (Å²) in [4.78, 5) is 4.20. The first-order chi connectivity index (χ1) is 11.9. The molecule has 0 fully saturated rings. The molecule has 0 aliphatic carbocycles. The number of rotatable bonds is 4. The van der Waals surface area contributed by atoms with Crippen LogP contribution in [0.5, 0.6) is 0 Å². The average Bonchev–Trinajstić information content (AvgIpc) is 2.61. The predicted octanol–water partition coefficient (Wildman–Crippen LogP) is 4.88. The van der Waals surface area contributed by atoms with Crippen LogP contribution in [0.3, 0.4) is 0 Å². The molecule has 0 radical (unpaired) electrons. The normalized spacial score (nSPS) is 16.6. The number of hydrogen-bond donors (Lipinski definition) is 0. The summed E-state index contributed by atoms with van der Waals surface area (Å²) in [6.45, 7) is 2.12. The minimum absolute atomic E-state index is 0.0512. The monoisotopic (exact) mass is 334 g/mol. The second-order valence-corrected chi connectivity index (χ2v) is 6.88. The van der Waals surface area contributed by atoms with E-state index in [9.17, 15) is 0 Å². The quantitative estimate of drug-likeness (QED) is 0.793. The smallest absolute Gasteiger partial charge is 0.143 e. The fourth-order valence-electron chi connectivity index (χ4n) is 2.90. The zero-order chi connectivity index (χ0) is 18.0. The fourth-order valence-corrected chi connectivity index (χ4v) is 2.90. The van der Waals surface area contributed by atoms with E-state index in [2.05, 4.69) is 91.5 Å². The number of anilines is 2. The molecule has 25 heavy (non-hydrogen) atoms. The van der Waals surface area contributed by atoms with E-state index in [1.165, 1.54) is 22.5 Å². The number of ether oxygens (including phenoxy) is 1. The Bertz CT molecular complexity index is 784. The van der Waals surface area contributed by atoms with Crippen molar-refractivity contribution in [3.63, 3.8) is 0 Å². The molecule has 0 bridgehead atoms. The van der Waals surface area contributed by atoms with E-state index in [-0.39, 0.29) is 6.10 Å². The van der Waals surface area contributed by atoms with Gasteiger partial charge in [0.25, 0.3) is 0 Å². The van der Waals surface area contributed by atoms with Crippen LogP contribution in [0.4, 0.5) is 11.4 Å². The van der Waals surface area contributed by atoms with Crippen LogP contribution in [-0.4, -0.2) is 28.2 Å². The molecule has 0 saturated carbocycles. The van der Waals surface area contributed by atoms with E-state index in [0.29, 0.717) is 0 Å². The minimum atomic E-state index is -0.0512. The van der Waals surface area contributed by atoms with Gasteiger partial charge in [0.05, 0.1) is 0 Å². The summed E-state index contributed by atoms with van der Waals surface area (Å²) in [6.07, 6.45) is 4.22. The molecule has 1 aliphatic rings. The Labute approximate surface area is 150 Å². The van der Waals surface area contributed by atoms with Crippen LogP contribution in [-0.2, 0) is 4.74 Å². The molecule has 1 unspecified atom stereocenters. The number of nitrogens with zero attached hydrogens (tertiary/aromatic N) is 2. The Kier molecular flexibility index (Phi) is 4.84. The van der Waals surface area contributed by atoms with Crippen LogP contribution in [0, 0.1) is 0 Å². The third-order valence-corrected chi connectivity index (χ3v) is 4.43. The van der Waals surface area contributed by atoms with E-state index in [1.807, 2.05) is 14.1 Å². The van der Waals surface area contributed by atoms with Crippen LogP contribution >= 0.6 is 0 Å². The molecule has 2 aromatic rings. The third-order valence-electron chi connectivity index (χ3n) is 4.43. The van der Waals surface area contributed by atoms with Gasteiger partial charge in [-0.05, 0) is 66.6 Å². The Morgan fingerprint density at radius 1 is 0.760 bits per heavy atom. The summed E-state index contributed by atoms with van der Waals surface area (Å²) in [5, 5.41) is 0. The Morgan fingerprint density at radius 2 is 1.28 bits per heavy atom. The van der Waals surface area contributed by atoms with Crippen LogP contribution in [0.25, 0.3) is 5.76 Å². The molecular formula is C22H26N2O. The van der Waals surface area contributed by atoms with Gasteiger partial charge in [0.15, 0.2) is 0 Å². The van der Waals surface area contributed by atoms with Crippen molar-refractivity contribution >= 4 is 17.1 Å². The number of allylic oxidation sites excluding steroid dienone is 2. The van der Waals surface area contributed by atoms with Gasteiger partial charge in [0.1, 0.15) is 11.9 Å². The lowest BCUT2D eigenvalue weighted by molar-refractivity contribution is 0.211. The standard InChI is InChI=1S/C22H26N2O/c1-16-14-21(17-6-10-19(11-7-17)23(2)3)25-22(15-16)18-8-12-20(13-9-18)24(4)5/h6-15,21H,1-5H3. The van der Waals surface area contributed by atoms with Gasteiger partial charge >= 0.3 is 0 Å². The highest BCUT2D eigenvalue weighted by atomic mass is 16.5. The molecule has 2 aromatic carbocycles. The molecule has 1 heterocycles. The van der Waals surface area contributed by atoms with E-state index in [4.69, 9.17) is 4.74 Å². The van der Waals surface area contributed by atoms with Crippen LogP contribution in [0.2, 0.25) is 0 Å². The summed E-state index contributed by atoms with van der Waals surface area (Å²) >= 11 is 0. The molecular weight excluding hydrogens is 308 g/mol. The summed E-state index contributed by atoms with van der Waals surface area (Å²) in [5.74, 6) is 0.923. The molecule has 1 aliphatic heterocycles. The highest BCUT2D eigenvalue weighted by Crippen LogP contribution is 2.34. The highest BCUT2D eigenvalue weighted by Gasteiger charge is 2.18. The zero-order valence-electron chi connectivity index (χ0n) is 15.7.